The number of imidazole rings is 2. The van der Waals surface area contributed by atoms with Crippen LogP contribution < -0.4 is 0 Å². The molecule has 0 fully saturated rings. The highest BCUT2D eigenvalue weighted by Gasteiger charge is 2.00. The second-order valence-electron chi connectivity index (χ2n) is 3.96. The number of hydrogen-bond acceptors (Lipinski definition) is 3. The van der Waals surface area contributed by atoms with E-state index in [1.807, 2.05) is 24.3 Å². The van der Waals surface area contributed by atoms with Crippen LogP contribution in [0.25, 0.3) is 11.0 Å². The van der Waals surface area contributed by atoms with Gasteiger partial charge in [-0.05, 0) is 12.1 Å². The lowest BCUT2D eigenvalue weighted by molar-refractivity contribution is 0.902. The van der Waals surface area contributed by atoms with E-state index in [0.29, 0.717) is 6.54 Å². The monoisotopic (exact) mass is 239 g/mol. The van der Waals surface area contributed by atoms with Crippen molar-refractivity contribution in [3.8, 4) is 0 Å². The predicted octanol–water partition coefficient (Wildman–Crippen LogP) is 1.95. The van der Waals surface area contributed by atoms with Crippen molar-refractivity contribution in [1.29, 1.82) is 0 Å². The molecule has 0 spiro atoms. The molecule has 5 heteroatoms. The zero-order valence-electron chi connectivity index (χ0n) is 9.80. The Morgan fingerprint density at radius 1 is 1.28 bits per heavy atom. The third-order valence-electron chi connectivity index (χ3n) is 2.65. The maximum Gasteiger partial charge on any atom is 0.147 e. The van der Waals surface area contributed by atoms with Gasteiger partial charge in [-0.15, -0.1) is 0 Å². The first-order chi connectivity index (χ1) is 8.92. The molecule has 0 atom stereocenters. The van der Waals surface area contributed by atoms with Gasteiger partial charge in [-0.1, -0.05) is 12.1 Å². The van der Waals surface area contributed by atoms with Crippen molar-refractivity contribution in [3.05, 3.63) is 48.3 Å². The summed E-state index contributed by atoms with van der Waals surface area (Å²) in [5.41, 5.74) is 2.07. The van der Waals surface area contributed by atoms with Crippen LogP contribution in [-0.2, 0) is 6.42 Å². The molecule has 3 rings (SSSR count). The maximum absolute atomic E-state index is 4.49. The van der Waals surface area contributed by atoms with Crippen LogP contribution in [0.5, 0.6) is 0 Å². The average Bonchev–Trinajstić information content (AvgIpc) is 3.03. The third kappa shape index (κ3) is 2.29. The zero-order chi connectivity index (χ0) is 12.2. The van der Waals surface area contributed by atoms with Crippen molar-refractivity contribution in [2.45, 2.75) is 6.42 Å². The van der Waals surface area contributed by atoms with Crippen LogP contribution in [0, 0.1) is 0 Å². The lowest BCUT2D eigenvalue weighted by Gasteiger charge is -1.90. The minimum atomic E-state index is 0.695. The molecule has 2 heterocycles. The molecular formula is C13H13N5. The fraction of sp³-hybridized carbons (Fsp3) is 0.154. The molecule has 3 aromatic rings. The summed E-state index contributed by atoms with van der Waals surface area (Å²) in [5, 5.41) is 0. The van der Waals surface area contributed by atoms with Gasteiger partial charge in [0, 0.05) is 25.4 Å². The molecule has 0 unspecified atom stereocenters. The summed E-state index contributed by atoms with van der Waals surface area (Å²) >= 11 is 0. The van der Waals surface area contributed by atoms with Gasteiger partial charge < -0.3 is 9.97 Å². The van der Waals surface area contributed by atoms with Crippen molar-refractivity contribution in [2.75, 3.05) is 6.54 Å². The number of nitrogens with one attached hydrogen (secondary N) is 2. The molecule has 90 valence electrons. The SMILES string of the molecule is C(=NCCc1nc2ccccc2[nH]1)c1ncc[nH]1. The Balaban J connectivity index is 1.63. The first-order valence-corrected chi connectivity index (χ1v) is 5.85. The fourth-order valence-electron chi connectivity index (χ4n) is 1.79. The minimum Gasteiger partial charge on any atom is -0.344 e. The number of aromatic amines is 2. The smallest absolute Gasteiger partial charge is 0.147 e. The maximum atomic E-state index is 4.49. The number of fused-ring (bicyclic) bond motifs is 1. The molecule has 2 aromatic heterocycles. The van der Waals surface area contributed by atoms with Crippen LogP contribution in [0.4, 0.5) is 0 Å². The third-order valence-corrected chi connectivity index (χ3v) is 2.65. The largest absolute Gasteiger partial charge is 0.344 e. The summed E-state index contributed by atoms with van der Waals surface area (Å²) in [7, 11) is 0. The van der Waals surface area contributed by atoms with Gasteiger partial charge >= 0.3 is 0 Å². The molecule has 0 aliphatic carbocycles. The van der Waals surface area contributed by atoms with Gasteiger partial charge in [0.05, 0.1) is 17.2 Å². The van der Waals surface area contributed by atoms with Crippen LogP contribution in [0.15, 0.2) is 41.7 Å². The Hall–Kier alpha value is -2.43. The minimum absolute atomic E-state index is 0.695. The zero-order valence-corrected chi connectivity index (χ0v) is 9.80. The molecule has 0 aliphatic rings. The summed E-state index contributed by atoms with van der Waals surface area (Å²) in [4.78, 5) is 19.1. The molecule has 2 N–H and O–H groups in total. The number of rotatable bonds is 4. The molecule has 0 aliphatic heterocycles. The van der Waals surface area contributed by atoms with Crippen molar-refractivity contribution in [1.82, 2.24) is 19.9 Å². The Kier molecular flexibility index (Phi) is 2.87. The Labute approximate surface area is 104 Å². The van der Waals surface area contributed by atoms with E-state index in [-0.39, 0.29) is 0 Å². The van der Waals surface area contributed by atoms with Gasteiger partial charge in [0.25, 0.3) is 0 Å². The van der Waals surface area contributed by atoms with Crippen molar-refractivity contribution in [3.63, 3.8) is 0 Å². The van der Waals surface area contributed by atoms with Gasteiger partial charge in [-0.3, -0.25) is 4.99 Å². The van der Waals surface area contributed by atoms with E-state index in [1.54, 1.807) is 18.6 Å². The number of H-pyrrole nitrogens is 2. The van der Waals surface area contributed by atoms with Gasteiger partial charge in [0.15, 0.2) is 0 Å². The number of para-hydroxylation sites is 2. The van der Waals surface area contributed by atoms with E-state index in [4.69, 9.17) is 0 Å². The second kappa shape index (κ2) is 4.83. The molecule has 18 heavy (non-hydrogen) atoms. The van der Waals surface area contributed by atoms with Crippen LogP contribution in [0.3, 0.4) is 0 Å². The number of aromatic nitrogens is 4. The first kappa shape index (κ1) is 10.7. The molecule has 0 saturated heterocycles. The Bertz CT molecular complexity index is 618. The summed E-state index contributed by atoms with van der Waals surface area (Å²) in [6, 6.07) is 8.01. The quantitative estimate of drug-likeness (QED) is 0.683. The molecule has 0 bridgehead atoms. The van der Waals surface area contributed by atoms with E-state index < -0.39 is 0 Å². The van der Waals surface area contributed by atoms with Gasteiger partial charge in [0.2, 0.25) is 0 Å². The van der Waals surface area contributed by atoms with Crippen LogP contribution >= 0.6 is 0 Å². The number of benzene rings is 1. The lowest BCUT2D eigenvalue weighted by atomic mass is 10.3. The number of nitrogens with zero attached hydrogens (tertiary/aromatic N) is 3. The average molecular weight is 239 g/mol. The summed E-state index contributed by atoms with van der Waals surface area (Å²) in [5.74, 6) is 1.74. The molecule has 0 amide bonds. The summed E-state index contributed by atoms with van der Waals surface area (Å²) in [6.45, 7) is 0.695. The molecule has 5 nitrogen and oxygen atoms in total. The van der Waals surface area contributed by atoms with Crippen molar-refractivity contribution in [2.24, 2.45) is 4.99 Å². The normalized spacial score (nSPS) is 11.6. The van der Waals surface area contributed by atoms with E-state index >= 15 is 0 Å². The van der Waals surface area contributed by atoms with Crippen LogP contribution in [-0.4, -0.2) is 32.7 Å². The molecule has 0 radical (unpaired) electrons. The standard InChI is InChI=1S/C13H13N5/c1-2-4-11-10(3-1)17-12(18-11)5-6-14-9-13-15-7-8-16-13/h1-4,7-9H,5-6H2,(H,15,16)(H,17,18). The van der Waals surface area contributed by atoms with Crippen LogP contribution in [0.1, 0.15) is 11.6 Å². The topological polar surface area (TPSA) is 69.7 Å². The van der Waals surface area contributed by atoms with Crippen molar-refractivity contribution < 1.29 is 0 Å². The Morgan fingerprint density at radius 2 is 2.22 bits per heavy atom. The summed E-state index contributed by atoms with van der Waals surface area (Å²) in [6.07, 6.45) is 6.02. The highest BCUT2D eigenvalue weighted by atomic mass is 14.9. The highest BCUT2D eigenvalue weighted by molar-refractivity contribution is 5.75. The van der Waals surface area contributed by atoms with Gasteiger partial charge in [-0.2, -0.15) is 0 Å². The lowest BCUT2D eigenvalue weighted by Crippen LogP contribution is -1.93. The summed E-state index contributed by atoms with van der Waals surface area (Å²) < 4.78 is 0. The van der Waals surface area contributed by atoms with Crippen LogP contribution in [0.2, 0.25) is 0 Å². The Morgan fingerprint density at radius 3 is 3.06 bits per heavy atom. The van der Waals surface area contributed by atoms with E-state index in [1.165, 1.54) is 0 Å². The van der Waals surface area contributed by atoms with Gasteiger partial charge in [-0.25, -0.2) is 9.97 Å². The molecule has 0 saturated carbocycles. The molecular weight excluding hydrogens is 226 g/mol. The fourth-order valence-corrected chi connectivity index (χ4v) is 1.79. The second-order valence-corrected chi connectivity index (χ2v) is 3.96. The van der Waals surface area contributed by atoms with E-state index in [9.17, 15) is 0 Å². The highest BCUT2D eigenvalue weighted by Crippen LogP contribution is 2.10. The number of hydrogen-bond donors (Lipinski definition) is 2. The predicted molar refractivity (Wildman–Crippen MR) is 70.8 cm³/mol. The molecule has 1 aromatic carbocycles. The van der Waals surface area contributed by atoms with Gasteiger partial charge in [0.1, 0.15) is 11.6 Å². The van der Waals surface area contributed by atoms with Crippen molar-refractivity contribution >= 4 is 17.2 Å². The number of aliphatic imine (C=N–C) groups is 1. The first-order valence-electron chi connectivity index (χ1n) is 5.85. The van der Waals surface area contributed by atoms with E-state index in [0.717, 1.165) is 29.1 Å². The van der Waals surface area contributed by atoms with E-state index in [2.05, 4.69) is 24.9 Å².